The number of anilines is 1. The largest absolute Gasteiger partial charge is 0.447 e. The monoisotopic (exact) mass is 361 g/mol. The molecule has 1 aliphatic rings. The molecule has 24 heavy (non-hydrogen) atoms. The maximum absolute atomic E-state index is 12.4. The number of nitrogens with zero attached hydrogens (tertiary/aromatic N) is 1. The van der Waals surface area contributed by atoms with Crippen molar-refractivity contribution in [2.24, 2.45) is 0 Å². The number of ketones is 1. The Morgan fingerprint density at radius 3 is 2.71 bits per heavy atom. The van der Waals surface area contributed by atoms with Gasteiger partial charge in [-0.05, 0) is 42.0 Å². The third-order valence-corrected chi connectivity index (χ3v) is 4.14. The van der Waals surface area contributed by atoms with Gasteiger partial charge in [0, 0.05) is 21.3 Å². The molecule has 0 aromatic heterocycles. The Balaban J connectivity index is 1.80. The normalized spacial score (nSPS) is 14.2. The van der Waals surface area contributed by atoms with Crippen LogP contribution in [0, 0.1) is 0 Å². The molecule has 0 N–H and O–H groups in total. The van der Waals surface area contributed by atoms with Crippen molar-refractivity contribution < 1.29 is 14.3 Å². The van der Waals surface area contributed by atoms with E-state index in [9.17, 15) is 9.59 Å². The molecule has 2 aromatic rings. The van der Waals surface area contributed by atoms with Crippen LogP contribution in [-0.4, -0.2) is 25.0 Å². The first-order valence-electron chi connectivity index (χ1n) is 7.26. The molecule has 1 amide bonds. The van der Waals surface area contributed by atoms with Gasteiger partial charge in [-0.15, -0.1) is 0 Å². The summed E-state index contributed by atoms with van der Waals surface area (Å²) >= 11 is 11.9. The third kappa shape index (κ3) is 3.61. The lowest BCUT2D eigenvalue weighted by Crippen LogP contribution is -2.23. The number of carbonyl (C=O) groups is 2. The highest BCUT2D eigenvalue weighted by Crippen LogP contribution is 2.23. The minimum Gasteiger partial charge on any atom is -0.447 e. The molecule has 0 atom stereocenters. The zero-order chi connectivity index (χ0) is 17.1. The molecule has 0 radical (unpaired) electrons. The Hall–Kier alpha value is -2.30. The number of carbonyl (C=O) groups excluding carboxylic acids is 2. The van der Waals surface area contributed by atoms with Crippen LogP contribution in [0.2, 0.25) is 10.0 Å². The van der Waals surface area contributed by atoms with Crippen LogP contribution in [0.3, 0.4) is 0 Å². The molecular weight excluding hydrogens is 349 g/mol. The van der Waals surface area contributed by atoms with Crippen molar-refractivity contribution in [1.82, 2.24) is 0 Å². The fourth-order valence-electron chi connectivity index (χ4n) is 2.35. The number of allylic oxidation sites excluding steroid dienone is 1. The number of hydrogen-bond donors (Lipinski definition) is 0. The van der Waals surface area contributed by atoms with Crippen molar-refractivity contribution in [3.63, 3.8) is 0 Å². The zero-order valence-electron chi connectivity index (χ0n) is 12.5. The van der Waals surface area contributed by atoms with E-state index in [4.69, 9.17) is 27.9 Å². The Bertz CT molecular complexity index is 833. The number of amides is 1. The van der Waals surface area contributed by atoms with E-state index in [0.717, 1.165) is 0 Å². The van der Waals surface area contributed by atoms with Gasteiger partial charge in [0.1, 0.15) is 6.61 Å². The number of benzene rings is 2. The van der Waals surface area contributed by atoms with Crippen LogP contribution in [0.4, 0.5) is 10.5 Å². The standard InChI is InChI=1S/C18H13Cl2NO3/c19-14-6-4-12(16(20)11-14)5-7-17(22)13-2-1-3-15(10-13)21-8-9-24-18(21)23/h1-7,10-11H,8-9H2. The Labute approximate surface area is 149 Å². The first-order valence-corrected chi connectivity index (χ1v) is 8.02. The molecule has 2 aromatic carbocycles. The smallest absolute Gasteiger partial charge is 0.414 e. The number of ether oxygens (including phenoxy) is 1. The van der Waals surface area contributed by atoms with E-state index in [1.54, 1.807) is 48.5 Å². The SMILES string of the molecule is O=C(C=Cc1ccc(Cl)cc1Cl)c1cccc(N2CCOC2=O)c1. The lowest BCUT2D eigenvalue weighted by molar-refractivity contribution is 0.104. The van der Waals surface area contributed by atoms with Crippen molar-refractivity contribution in [3.05, 3.63) is 69.7 Å². The van der Waals surface area contributed by atoms with E-state index < -0.39 is 6.09 Å². The van der Waals surface area contributed by atoms with Gasteiger partial charge in [0.2, 0.25) is 0 Å². The summed E-state index contributed by atoms with van der Waals surface area (Å²) < 4.78 is 4.91. The summed E-state index contributed by atoms with van der Waals surface area (Å²) in [6.45, 7) is 0.832. The van der Waals surface area contributed by atoms with Gasteiger partial charge in [0.05, 0.1) is 6.54 Å². The summed E-state index contributed by atoms with van der Waals surface area (Å²) in [5, 5.41) is 1.01. The fraction of sp³-hybridized carbons (Fsp3) is 0.111. The predicted molar refractivity (Wildman–Crippen MR) is 95.0 cm³/mol. The molecule has 1 heterocycles. The second-order valence-electron chi connectivity index (χ2n) is 5.18. The van der Waals surface area contributed by atoms with Crippen LogP contribution < -0.4 is 4.90 Å². The maximum atomic E-state index is 12.4. The average molecular weight is 362 g/mol. The molecule has 6 heteroatoms. The summed E-state index contributed by atoms with van der Waals surface area (Å²) in [5.74, 6) is -0.185. The van der Waals surface area contributed by atoms with E-state index in [-0.39, 0.29) is 5.78 Å². The summed E-state index contributed by atoms with van der Waals surface area (Å²) in [6.07, 6.45) is 2.68. The number of rotatable bonds is 4. The molecule has 0 bridgehead atoms. The minimum absolute atomic E-state index is 0.185. The lowest BCUT2D eigenvalue weighted by atomic mass is 10.1. The van der Waals surface area contributed by atoms with Crippen LogP contribution in [0.25, 0.3) is 6.08 Å². The van der Waals surface area contributed by atoms with Gasteiger partial charge in [-0.25, -0.2) is 4.79 Å². The van der Waals surface area contributed by atoms with Crippen LogP contribution in [0.5, 0.6) is 0 Å². The summed E-state index contributed by atoms with van der Waals surface area (Å²) in [5.41, 5.74) is 1.82. The quantitative estimate of drug-likeness (QED) is 0.577. The highest BCUT2D eigenvalue weighted by Gasteiger charge is 2.23. The van der Waals surface area contributed by atoms with Crippen LogP contribution in [0.1, 0.15) is 15.9 Å². The second kappa shape index (κ2) is 7.07. The van der Waals surface area contributed by atoms with Gasteiger partial charge in [0.15, 0.2) is 5.78 Å². The molecule has 0 saturated carbocycles. The van der Waals surface area contributed by atoms with Crippen LogP contribution in [0.15, 0.2) is 48.5 Å². The van der Waals surface area contributed by atoms with Crippen molar-refractivity contribution in [1.29, 1.82) is 0 Å². The lowest BCUT2D eigenvalue weighted by Gasteiger charge is -2.13. The van der Waals surface area contributed by atoms with E-state index in [1.807, 2.05) is 0 Å². The van der Waals surface area contributed by atoms with Gasteiger partial charge < -0.3 is 4.74 Å². The highest BCUT2D eigenvalue weighted by molar-refractivity contribution is 6.35. The molecule has 0 spiro atoms. The molecule has 1 saturated heterocycles. The Kier molecular flexibility index (Phi) is 4.88. The Morgan fingerprint density at radius 1 is 1.17 bits per heavy atom. The van der Waals surface area contributed by atoms with Crippen molar-refractivity contribution in [2.45, 2.75) is 0 Å². The van der Waals surface area contributed by atoms with Gasteiger partial charge >= 0.3 is 6.09 Å². The van der Waals surface area contributed by atoms with Gasteiger partial charge in [-0.1, -0.05) is 41.4 Å². The molecule has 1 fully saturated rings. The molecule has 0 unspecified atom stereocenters. The predicted octanol–water partition coefficient (Wildman–Crippen LogP) is 4.85. The summed E-state index contributed by atoms with van der Waals surface area (Å²) in [4.78, 5) is 25.5. The van der Waals surface area contributed by atoms with E-state index in [2.05, 4.69) is 0 Å². The van der Waals surface area contributed by atoms with Crippen molar-refractivity contribution >= 4 is 46.8 Å². The molecule has 4 nitrogen and oxygen atoms in total. The van der Waals surface area contributed by atoms with Gasteiger partial charge in [-0.2, -0.15) is 0 Å². The van der Waals surface area contributed by atoms with Crippen molar-refractivity contribution in [3.8, 4) is 0 Å². The first kappa shape index (κ1) is 16.6. The summed E-state index contributed by atoms with van der Waals surface area (Å²) in [7, 11) is 0. The van der Waals surface area contributed by atoms with Crippen LogP contribution >= 0.6 is 23.2 Å². The molecule has 122 valence electrons. The van der Waals surface area contributed by atoms with Gasteiger partial charge in [-0.3, -0.25) is 9.69 Å². The average Bonchev–Trinajstić information content (AvgIpc) is 3.00. The molecule has 3 rings (SSSR count). The van der Waals surface area contributed by atoms with Crippen LogP contribution in [-0.2, 0) is 4.74 Å². The second-order valence-corrected chi connectivity index (χ2v) is 6.02. The summed E-state index contributed by atoms with van der Waals surface area (Å²) in [6, 6.07) is 11.9. The zero-order valence-corrected chi connectivity index (χ0v) is 14.1. The van der Waals surface area contributed by atoms with E-state index >= 15 is 0 Å². The third-order valence-electron chi connectivity index (χ3n) is 3.58. The molecule has 1 aliphatic heterocycles. The van der Waals surface area contributed by atoms with Crippen molar-refractivity contribution in [2.75, 3.05) is 18.1 Å². The number of halogens is 2. The van der Waals surface area contributed by atoms with Gasteiger partial charge in [0.25, 0.3) is 0 Å². The van der Waals surface area contributed by atoms with E-state index in [1.165, 1.54) is 11.0 Å². The number of cyclic esters (lactones) is 1. The maximum Gasteiger partial charge on any atom is 0.414 e. The topological polar surface area (TPSA) is 46.6 Å². The minimum atomic E-state index is -0.400. The Morgan fingerprint density at radius 2 is 2.00 bits per heavy atom. The molecular formula is C18H13Cl2NO3. The highest BCUT2D eigenvalue weighted by atomic mass is 35.5. The number of hydrogen-bond acceptors (Lipinski definition) is 3. The first-order chi connectivity index (χ1) is 11.5. The molecule has 0 aliphatic carbocycles. The fourth-order valence-corrected chi connectivity index (χ4v) is 2.82. The van der Waals surface area contributed by atoms with E-state index in [0.29, 0.717) is 40.0 Å².